The van der Waals surface area contributed by atoms with Crippen molar-refractivity contribution >= 4 is 5.82 Å². The van der Waals surface area contributed by atoms with Crippen molar-refractivity contribution in [3.05, 3.63) is 60.4 Å². The van der Waals surface area contributed by atoms with E-state index in [2.05, 4.69) is 9.97 Å². The van der Waals surface area contributed by atoms with E-state index < -0.39 is 11.6 Å². The largest absolute Gasteiger partial charge is 0.505 e. The van der Waals surface area contributed by atoms with Crippen molar-refractivity contribution in [1.82, 2.24) is 9.97 Å². The summed E-state index contributed by atoms with van der Waals surface area (Å²) >= 11 is 0. The maximum atomic E-state index is 13.5. The molecular formula is C16H12FN3O. The fraction of sp³-hybridized carbons (Fsp3) is 0. The summed E-state index contributed by atoms with van der Waals surface area (Å²) in [6, 6.07) is 15.2. The second-order valence-electron chi connectivity index (χ2n) is 4.53. The molecule has 0 radical (unpaired) electrons. The highest BCUT2D eigenvalue weighted by atomic mass is 19.1. The number of hydrogen-bond donors (Lipinski definition) is 2. The maximum absolute atomic E-state index is 13.5. The van der Waals surface area contributed by atoms with E-state index in [9.17, 15) is 9.50 Å². The molecule has 0 aliphatic carbocycles. The highest BCUT2D eigenvalue weighted by Crippen LogP contribution is 2.26. The first kappa shape index (κ1) is 13.1. The first-order chi connectivity index (χ1) is 10.1. The van der Waals surface area contributed by atoms with E-state index in [-0.39, 0.29) is 0 Å². The predicted molar refractivity (Wildman–Crippen MR) is 78.9 cm³/mol. The molecule has 1 heterocycles. The van der Waals surface area contributed by atoms with Crippen molar-refractivity contribution in [1.29, 1.82) is 0 Å². The molecule has 0 saturated heterocycles. The zero-order chi connectivity index (χ0) is 14.8. The predicted octanol–water partition coefficient (Wildman–Crippen LogP) is 3.24. The number of phenols is 1. The first-order valence-electron chi connectivity index (χ1n) is 6.32. The van der Waals surface area contributed by atoms with Crippen LogP contribution in [-0.2, 0) is 0 Å². The Morgan fingerprint density at radius 1 is 0.905 bits per heavy atom. The van der Waals surface area contributed by atoms with Gasteiger partial charge in [-0.15, -0.1) is 0 Å². The van der Waals surface area contributed by atoms with Gasteiger partial charge in [0.25, 0.3) is 0 Å². The van der Waals surface area contributed by atoms with Gasteiger partial charge in [-0.1, -0.05) is 30.3 Å². The van der Waals surface area contributed by atoms with Crippen LogP contribution in [0.2, 0.25) is 0 Å². The van der Waals surface area contributed by atoms with Gasteiger partial charge in [0.1, 0.15) is 5.82 Å². The summed E-state index contributed by atoms with van der Waals surface area (Å²) in [5, 5.41) is 9.24. The van der Waals surface area contributed by atoms with Crippen molar-refractivity contribution in [2.24, 2.45) is 0 Å². The molecule has 5 heteroatoms. The Bertz CT molecular complexity index is 791. The third kappa shape index (κ3) is 2.67. The molecule has 0 aliphatic rings. The minimum absolute atomic E-state index is 0.298. The minimum Gasteiger partial charge on any atom is -0.505 e. The summed E-state index contributed by atoms with van der Waals surface area (Å²) in [5.41, 5.74) is 7.82. The molecule has 0 saturated carbocycles. The minimum atomic E-state index is -0.722. The van der Waals surface area contributed by atoms with E-state index in [1.165, 1.54) is 12.1 Å². The molecule has 3 aromatic rings. The van der Waals surface area contributed by atoms with Crippen LogP contribution in [0.1, 0.15) is 0 Å². The highest BCUT2D eigenvalue weighted by molar-refractivity contribution is 5.67. The van der Waals surface area contributed by atoms with Crippen LogP contribution in [0.25, 0.3) is 22.6 Å². The molecule has 0 spiro atoms. The fourth-order valence-corrected chi connectivity index (χ4v) is 2.00. The number of aromatic hydroxyl groups is 1. The summed E-state index contributed by atoms with van der Waals surface area (Å²) in [6.07, 6.45) is 0. The van der Waals surface area contributed by atoms with Gasteiger partial charge < -0.3 is 10.8 Å². The van der Waals surface area contributed by atoms with Crippen LogP contribution in [0.15, 0.2) is 54.6 Å². The van der Waals surface area contributed by atoms with Crippen molar-refractivity contribution in [2.75, 3.05) is 5.73 Å². The van der Waals surface area contributed by atoms with Gasteiger partial charge in [0, 0.05) is 17.2 Å². The van der Waals surface area contributed by atoms with Crippen molar-refractivity contribution in [3.63, 3.8) is 0 Å². The van der Waals surface area contributed by atoms with E-state index in [4.69, 9.17) is 5.73 Å². The van der Waals surface area contributed by atoms with E-state index in [1.807, 2.05) is 30.3 Å². The monoisotopic (exact) mass is 281 g/mol. The molecule has 0 aliphatic heterocycles. The Labute approximate surface area is 120 Å². The van der Waals surface area contributed by atoms with Crippen molar-refractivity contribution < 1.29 is 9.50 Å². The number of anilines is 1. The lowest BCUT2D eigenvalue weighted by Crippen LogP contribution is -1.98. The molecule has 4 nitrogen and oxygen atoms in total. The van der Waals surface area contributed by atoms with E-state index in [0.29, 0.717) is 22.9 Å². The van der Waals surface area contributed by atoms with E-state index >= 15 is 0 Å². The Morgan fingerprint density at radius 2 is 1.67 bits per heavy atom. The van der Waals surface area contributed by atoms with Crippen LogP contribution in [0, 0.1) is 5.82 Å². The Morgan fingerprint density at radius 3 is 2.38 bits per heavy atom. The number of rotatable bonds is 2. The van der Waals surface area contributed by atoms with Crippen LogP contribution in [0.5, 0.6) is 5.75 Å². The molecular weight excluding hydrogens is 269 g/mol. The van der Waals surface area contributed by atoms with Crippen LogP contribution in [0.4, 0.5) is 10.2 Å². The van der Waals surface area contributed by atoms with Gasteiger partial charge in [0.2, 0.25) is 0 Å². The molecule has 0 atom stereocenters. The van der Waals surface area contributed by atoms with E-state index in [1.54, 1.807) is 12.1 Å². The highest BCUT2D eigenvalue weighted by Gasteiger charge is 2.09. The topological polar surface area (TPSA) is 72.0 Å². The zero-order valence-corrected chi connectivity index (χ0v) is 11.0. The van der Waals surface area contributed by atoms with Gasteiger partial charge >= 0.3 is 0 Å². The third-order valence-electron chi connectivity index (χ3n) is 3.02. The third-order valence-corrected chi connectivity index (χ3v) is 3.02. The summed E-state index contributed by atoms with van der Waals surface area (Å²) in [4.78, 5) is 8.52. The Kier molecular flexibility index (Phi) is 3.23. The van der Waals surface area contributed by atoms with Gasteiger partial charge in [-0.3, -0.25) is 0 Å². The summed E-state index contributed by atoms with van der Waals surface area (Å²) in [7, 11) is 0. The molecule has 21 heavy (non-hydrogen) atoms. The summed E-state index contributed by atoms with van der Waals surface area (Å²) < 4.78 is 13.5. The number of phenolic OH excluding ortho intramolecular Hbond substituents is 1. The van der Waals surface area contributed by atoms with Crippen LogP contribution in [-0.4, -0.2) is 15.1 Å². The second kappa shape index (κ2) is 5.20. The SMILES string of the molecule is Nc1cc(-c2ccccc2)nc(-c2ccc(O)c(F)c2)n1. The lowest BCUT2D eigenvalue weighted by atomic mass is 10.1. The zero-order valence-electron chi connectivity index (χ0n) is 11.0. The molecule has 0 bridgehead atoms. The molecule has 1 aromatic heterocycles. The average Bonchev–Trinajstić information content (AvgIpc) is 2.50. The summed E-state index contributed by atoms with van der Waals surface area (Å²) in [5.74, 6) is -0.522. The number of benzene rings is 2. The number of nitrogens with two attached hydrogens (primary N) is 1. The van der Waals surface area contributed by atoms with Gasteiger partial charge in [0.05, 0.1) is 5.69 Å². The second-order valence-corrected chi connectivity index (χ2v) is 4.53. The number of aromatic nitrogens is 2. The standard InChI is InChI=1S/C16H12FN3O/c17-12-8-11(6-7-14(12)21)16-19-13(9-15(18)20-16)10-4-2-1-3-5-10/h1-9,21H,(H2,18,19,20). The molecule has 3 N–H and O–H groups in total. The lowest BCUT2D eigenvalue weighted by molar-refractivity contribution is 0.432. The molecule has 3 rings (SSSR count). The van der Waals surface area contributed by atoms with Crippen molar-refractivity contribution in [2.45, 2.75) is 0 Å². The van der Waals surface area contributed by atoms with Crippen LogP contribution >= 0.6 is 0 Å². The van der Waals surface area contributed by atoms with Gasteiger partial charge in [0.15, 0.2) is 17.4 Å². The lowest BCUT2D eigenvalue weighted by Gasteiger charge is -2.07. The van der Waals surface area contributed by atoms with Gasteiger partial charge in [-0.05, 0) is 18.2 Å². The number of hydrogen-bond acceptors (Lipinski definition) is 4. The van der Waals surface area contributed by atoms with Crippen LogP contribution in [0.3, 0.4) is 0 Å². The quantitative estimate of drug-likeness (QED) is 0.756. The average molecular weight is 281 g/mol. The number of halogens is 1. The Hall–Kier alpha value is -2.95. The van der Waals surface area contributed by atoms with Gasteiger partial charge in [-0.2, -0.15) is 0 Å². The Balaban J connectivity index is 2.11. The molecule has 2 aromatic carbocycles. The normalized spacial score (nSPS) is 10.5. The fourth-order valence-electron chi connectivity index (χ4n) is 2.00. The van der Waals surface area contributed by atoms with Crippen LogP contribution < -0.4 is 5.73 Å². The molecule has 0 amide bonds. The van der Waals surface area contributed by atoms with Crippen molar-refractivity contribution in [3.8, 4) is 28.4 Å². The van der Waals surface area contributed by atoms with E-state index in [0.717, 1.165) is 5.56 Å². The first-order valence-corrected chi connectivity index (χ1v) is 6.32. The maximum Gasteiger partial charge on any atom is 0.165 e. The molecule has 104 valence electrons. The summed E-state index contributed by atoms with van der Waals surface area (Å²) in [6.45, 7) is 0. The molecule has 0 fully saturated rings. The number of nitrogens with zero attached hydrogens (tertiary/aromatic N) is 2. The molecule has 0 unspecified atom stereocenters. The number of nitrogen functional groups attached to an aromatic ring is 1. The van der Waals surface area contributed by atoms with Gasteiger partial charge in [-0.25, -0.2) is 14.4 Å². The smallest absolute Gasteiger partial charge is 0.165 e.